The summed E-state index contributed by atoms with van der Waals surface area (Å²) in [5.74, 6) is 0.222. The van der Waals surface area contributed by atoms with Crippen LogP contribution in [0.15, 0.2) is 23.3 Å². The molecule has 2 aliphatic heterocycles. The van der Waals surface area contributed by atoms with Gasteiger partial charge in [0.1, 0.15) is 11.7 Å². The summed E-state index contributed by atoms with van der Waals surface area (Å²) in [6, 6.07) is 0. The van der Waals surface area contributed by atoms with Crippen LogP contribution >= 0.6 is 0 Å². The van der Waals surface area contributed by atoms with Crippen molar-refractivity contribution in [3.05, 3.63) is 23.3 Å². The maximum atomic E-state index is 11.7. The molecule has 2 rings (SSSR count). The van der Waals surface area contributed by atoms with Crippen molar-refractivity contribution in [1.82, 2.24) is 0 Å². The van der Waals surface area contributed by atoms with E-state index >= 15 is 0 Å². The van der Waals surface area contributed by atoms with Crippen molar-refractivity contribution in [3.8, 4) is 0 Å². The highest BCUT2D eigenvalue weighted by Gasteiger charge is 2.52. The molecule has 1 saturated heterocycles. The third-order valence-electron chi connectivity index (χ3n) is 6.15. The number of hydrogen-bond acceptors (Lipinski definition) is 3. The van der Waals surface area contributed by atoms with E-state index in [4.69, 9.17) is 9.47 Å². The molecule has 2 aliphatic rings. The van der Waals surface area contributed by atoms with Crippen LogP contribution in [0.4, 0.5) is 0 Å². The molecule has 0 aromatic rings. The summed E-state index contributed by atoms with van der Waals surface area (Å²) in [5, 5.41) is 0. The molecular weight excluding hydrogens is 312 g/mol. The number of rotatable bonds is 2. The van der Waals surface area contributed by atoms with E-state index in [1.807, 2.05) is 0 Å². The van der Waals surface area contributed by atoms with Crippen molar-refractivity contribution in [2.45, 2.75) is 104 Å². The van der Waals surface area contributed by atoms with Gasteiger partial charge in [0.25, 0.3) is 0 Å². The Morgan fingerprint density at radius 1 is 1.20 bits per heavy atom. The first kappa shape index (κ1) is 20.2. The third kappa shape index (κ3) is 4.97. The van der Waals surface area contributed by atoms with Crippen LogP contribution in [0.2, 0.25) is 0 Å². The van der Waals surface area contributed by atoms with E-state index in [1.54, 1.807) is 0 Å². The fourth-order valence-electron chi connectivity index (χ4n) is 4.18. The van der Waals surface area contributed by atoms with Gasteiger partial charge < -0.3 is 9.47 Å². The van der Waals surface area contributed by atoms with Gasteiger partial charge in [-0.25, -0.2) is 0 Å². The van der Waals surface area contributed by atoms with Gasteiger partial charge in [-0.2, -0.15) is 0 Å². The van der Waals surface area contributed by atoms with Gasteiger partial charge in [0, 0.05) is 6.92 Å². The minimum absolute atomic E-state index is 0.148. The molecule has 3 nitrogen and oxygen atoms in total. The molecule has 0 aromatic carbocycles. The number of esters is 1. The lowest BCUT2D eigenvalue weighted by molar-refractivity contribution is -0.186. The van der Waals surface area contributed by atoms with Crippen LogP contribution in [-0.4, -0.2) is 23.3 Å². The van der Waals surface area contributed by atoms with Gasteiger partial charge in [0.15, 0.2) is 0 Å². The predicted molar refractivity (Wildman–Crippen MR) is 102 cm³/mol. The standard InChI is InChI=1S/C22H36O3/c1-16(2)22-13-12-18(4)9-7-8-17(3)10-11-20(24-19(5)23)21(6,25-22)14-15-22/h8,12,16,20H,7,9-11,13-15H2,1-6H3/b17-8+,18-12-. The van der Waals surface area contributed by atoms with Crippen molar-refractivity contribution in [2.24, 2.45) is 5.92 Å². The SMILES string of the molecule is CC(=O)OC1CC/C(C)=C/CC/C(C)=C\CC2(C(C)C)CCC1(C)O2. The Morgan fingerprint density at radius 2 is 1.88 bits per heavy atom. The van der Waals surface area contributed by atoms with Crippen molar-refractivity contribution in [2.75, 3.05) is 0 Å². The van der Waals surface area contributed by atoms with E-state index in [0.717, 1.165) is 44.9 Å². The smallest absolute Gasteiger partial charge is 0.303 e. The number of carbonyl (C=O) groups excluding carboxylic acids is 1. The summed E-state index contributed by atoms with van der Waals surface area (Å²) >= 11 is 0. The van der Waals surface area contributed by atoms with Gasteiger partial charge in [-0.15, -0.1) is 0 Å². The maximum absolute atomic E-state index is 11.7. The zero-order chi connectivity index (χ0) is 18.7. The summed E-state index contributed by atoms with van der Waals surface area (Å²) in [6.07, 6.45) is 11.4. The van der Waals surface area contributed by atoms with Crippen LogP contribution in [-0.2, 0) is 14.3 Å². The van der Waals surface area contributed by atoms with Gasteiger partial charge in [-0.1, -0.05) is 37.1 Å². The zero-order valence-corrected chi connectivity index (χ0v) is 17.0. The van der Waals surface area contributed by atoms with E-state index in [2.05, 4.69) is 46.8 Å². The molecule has 3 atom stereocenters. The molecular formula is C22H36O3. The molecule has 0 radical (unpaired) electrons. The maximum Gasteiger partial charge on any atom is 0.303 e. The summed E-state index contributed by atoms with van der Waals surface area (Å²) in [5.41, 5.74) is 2.27. The molecule has 2 bridgehead atoms. The van der Waals surface area contributed by atoms with Crippen molar-refractivity contribution in [3.63, 3.8) is 0 Å². The minimum Gasteiger partial charge on any atom is -0.459 e. The fraction of sp³-hybridized carbons (Fsp3) is 0.773. The zero-order valence-electron chi connectivity index (χ0n) is 17.0. The number of carbonyl (C=O) groups is 1. The molecule has 0 N–H and O–H groups in total. The Balaban J connectivity index is 2.35. The summed E-state index contributed by atoms with van der Waals surface area (Å²) < 4.78 is 12.5. The van der Waals surface area contributed by atoms with Crippen LogP contribution in [0, 0.1) is 5.92 Å². The molecule has 0 saturated carbocycles. The Labute approximate surface area is 153 Å². The molecule has 1 fully saturated rings. The molecule has 3 heteroatoms. The molecule has 142 valence electrons. The molecule has 3 unspecified atom stereocenters. The largest absolute Gasteiger partial charge is 0.459 e. The van der Waals surface area contributed by atoms with Gasteiger partial charge in [0.05, 0.1) is 5.60 Å². The van der Waals surface area contributed by atoms with E-state index in [-0.39, 0.29) is 17.7 Å². The van der Waals surface area contributed by atoms with E-state index in [0.29, 0.717) is 5.92 Å². The highest BCUT2D eigenvalue weighted by Crippen LogP contribution is 2.48. The fourth-order valence-corrected chi connectivity index (χ4v) is 4.18. The molecule has 0 amide bonds. The van der Waals surface area contributed by atoms with Crippen LogP contribution in [0.5, 0.6) is 0 Å². The monoisotopic (exact) mass is 348 g/mol. The molecule has 0 aliphatic carbocycles. The van der Waals surface area contributed by atoms with Gasteiger partial charge in [-0.3, -0.25) is 4.79 Å². The average Bonchev–Trinajstić information content (AvgIpc) is 2.88. The lowest BCUT2D eigenvalue weighted by atomic mass is 9.82. The van der Waals surface area contributed by atoms with Gasteiger partial charge >= 0.3 is 5.97 Å². The second-order valence-electron chi connectivity index (χ2n) is 8.61. The van der Waals surface area contributed by atoms with E-state index in [9.17, 15) is 4.79 Å². The Hall–Kier alpha value is -1.09. The quantitative estimate of drug-likeness (QED) is 0.471. The second-order valence-corrected chi connectivity index (χ2v) is 8.61. The number of hydrogen-bond donors (Lipinski definition) is 0. The number of allylic oxidation sites excluding steroid dienone is 3. The number of ether oxygens (including phenoxy) is 2. The van der Waals surface area contributed by atoms with Gasteiger partial charge in [0.2, 0.25) is 0 Å². The predicted octanol–water partition coefficient (Wildman–Crippen LogP) is 5.74. The first-order valence-corrected chi connectivity index (χ1v) is 9.85. The van der Waals surface area contributed by atoms with Gasteiger partial charge in [-0.05, 0) is 71.6 Å². The number of fused-ring (bicyclic) bond motifs is 2. The lowest BCUT2D eigenvalue weighted by Crippen LogP contribution is -2.46. The van der Waals surface area contributed by atoms with E-state index in [1.165, 1.54) is 18.1 Å². The third-order valence-corrected chi connectivity index (χ3v) is 6.15. The summed E-state index contributed by atoms with van der Waals surface area (Å²) in [6.45, 7) is 12.6. The summed E-state index contributed by atoms with van der Waals surface area (Å²) in [4.78, 5) is 11.7. The first-order chi connectivity index (χ1) is 11.7. The Kier molecular flexibility index (Phi) is 6.53. The van der Waals surface area contributed by atoms with Crippen LogP contribution in [0.25, 0.3) is 0 Å². The van der Waals surface area contributed by atoms with Crippen molar-refractivity contribution in [1.29, 1.82) is 0 Å². The Morgan fingerprint density at radius 3 is 2.52 bits per heavy atom. The highest BCUT2D eigenvalue weighted by atomic mass is 16.6. The second kappa shape index (κ2) is 8.07. The normalized spacial score (nSPS) is 38.6. The molecule has 0 spiro atoms. The molecule has 0 aromatic heterocycles. The van der Waals surface area contributed by atoms with Crippen molar-refractivity contribution >= 4 is 5.97 Å². The Bertz CT molecular complexity index is 545. The average molecular weight is 349 g/mol. The topological polar surface area (TPSA) is 35.5 Å². The van der Waals surface area contributed by atoms with E-state index < -0.39 is 5.60 Å². The van der Waals surface area contributed by atoms with Crippen LogP contribution in [0.3, 0.4) is 0 Å². The minimum atomic E-state index is -0.397. The first-order valence-electron chi connectivity index (χ1n) is 9.85. The van der Waals surface area contributed by atoms with Crippen LogP contribution in [0.1, 0.15) is 86.5 Å². The molecule has 25 heavy (non-hydrogen) atoms. The molecule has 2 heterocycles. The van der Waals surface area contributed by atoms with Crippen molar-refractivity contribution < 1.29 is 14.3 Å². The highest BCUT2D eigenvalue weighted by molar-refractivity contribution is 5.66. The van der Waals surface area contributed by atoms with Crippen LogP contribution < -0.4 is 0 Å². The summed E-state index contributed by atoms with van der Waals surface area (Å²) in [7, 11) is 0. The lowest BCUT2D eigenvalue weighted by Gasteiger charge is -2.39.